The zero-order valence-corrected chi connectivity index (χ0v) is 10.4. The van der Waals surface area contributed by atoms with Crippen molar-refractivity contribution in [1.29, 1.82) is 0 Å². The first-order valence-electron chi connectivity index (χ1n) is 7.36. The minimum Gasteiger partial charge on any atom is -0.481 e. The Labute approximate surface area is 103 Å². The quantitative estimate of drug-likeness (QED) is 0.813. The molecule has 1 N–H and O–H groups in total. The van der Waals surface area contributed by atoms with Gasteiger partial charge in [-0.05, 0) is 80.5 Å². The molecule has 2 heteroatoms. The molecule has 0 spiro atoms. The molecule has 0 saturated heterocycles. The molecule has 2 atom stereocenters. The maximum Gasteiger partial charge on any atom is 0.306 e. The third-order valence-corrected chi connectivity index (χ3v) is 6.10. The summed E-state index contributed by atoms with van der Waals surface area (Å²) < 4.78 is 0. The number of rotatable bonds is 3. The van der Waals surface area contributed by atoms with Crippen LogP contribution < -0.4 is 0 Å². The van der Waals surface area contributed by atoms with Crippen molar-refractivity contribution in [2.45, 2.75) is 51.4 Å². The topological polar surface area (TPSA) is 37.3 Å². The van der Waals surface area contributed by atoms with E-state index in [1.165, 1.54) is 44.9 Å². The number of hydrogen-bond donors (Lipinski definition) is 1. The Balaban J connectivity index is 1.48. The predicted molar refractivity (Wildman–Crippen MR) is 64.5 cm³/mol. The lowest BCUT2D eigenvalue weighted by Gasteiger charge is -2.57. The Bertz CT molecular complexity index is 325. The van der Waals surface area contributed by atoms with E-state index in [1.807, 2.05) is 0 Å². The van der Waals surface area contributed by atoms with Crippen molar-refractivity contribution in [3.8, 4) is 0 Å². The van der Waals surface area contributed by atoms with Gasteiger partial charge in [-0.1, -0.05) is 0 Å². The van der Waals surface area contributed by atoms with Crippen molar-refractivity contribution < 1.29 is 9.90 Å². The van der Waals surface area contributed by atoms with Crippen molar-refractivity contribution >= 4 is 5.97 Å². The first-order chi connectivity index (χ1) is 8.13. The molecule has 4 bridgehead atoms. The fourth-order valence-electron chi connectivity index (χ4n) is 5.87. The van der Waals surface area contributed by atoms with E-state index in [9.17, 15) is 4.79 Å². The molecular weight excluding hydrogens is 212 g/mol. The highest BCUT2D eigenvalue weighted by Gasteiger charge is 2.55. The van der Waals surface area contributed by atoms with E-state index < -0.39 is 5.97 Å². The normalized spacial score (nSPS) is 54.9. The second-order valence-electron chi connectivity index (χ2n) is 7.56. The molecule has 0 heterocycles. The SMILES string of the molecule is O=C(O)C1CC1CC12CC3CC(CC(C3)C1)C2. The minimum atomic E-state index is -0.542. The number of carboxylic acids is 1. The Morgan fingerprint density at radius 3 is 1.94 bits per heavy atom. The van der Waals surface area contributed by atoms with Crippen LogP contribution in [0, 0.1) is 35.0 Å². The van der Waals surface area contributed by atoms with E-state index in [-0.39, 0.29) is 5.92 Å². The zero-order chi connectivity index (χ0) is 11.6. The maximum atomic E-state index is 11.0. The third-order valence-electron chi connectivity index (χ3n) is 6.10. The average molecular weight is 234 g/mol. The van der Waals surface area contributed by atoms with Gasteiger partial charge in [-0.25, -0.2) is 0 Å². The molecule has 5 aliphatic rings. The van der Waals surface area contributed by atoms with Gasteiger partial charge in [-0.3, -0.25) is 4.79 Å². The lowest BCUT2D eigenvalue weighted by molar-refractivity contribution is -0.139. The lowest BCUT2D eigenvalue weighted by atomic mass is 9.48. The van der Waals surface area contributed by atoms with Gasteiger partial charge in [0.25, 0.3) is 0 Å². The van der Waals surface area contributed by atoms with Crippen molar-refractivity contribution in [1.82, 2.24) is 0 Å². The maximum absolute atomic E-state index is 11.0. The van der Waals surface area contributed by atoms with E-state index >= 15 is 0 Å². The summed E-state index contributed by atoms with van der Waals surface area (Å²) in [4.78, 5) is 11.0. The first kappa shape index (κ1) is 10.4. The summed E-state index contributed by atoms with van der Waals surface area (Å²) >= 11 is 0. The highest BCUT2D eigenvalue weighted by Crippen LogP contribution is 2.64. The van der Waals surface area contributed by atoms with Gasteiger partial charge in [0.15, 0.2) is 0 Å². The van der Waals surface area contributed by atoms with Crippen molar-refractivity contribution in [2.24, 2.45) is 35.0 Å². The van der Waals surface area contributed by atoms with Crippen molar-refractivity contribution in [2.75, 3.05) is 0 Å². The summed E-state index contributed by atoms with van der Waals surface area (Å²) in [5.74, 6) is 3.02. The molecule has 5 fully saturated rings. The molecule has 0 aliphatic heterocycles. The van der Waals surface area contributed by atoms with Crippen molar-refractivity contribution in [3.63, 3.8) is 0 Å². The summed E-state index contributed by atoms with van der Waals surface area (Å²) in [6, 6.07) is 0. The van der Waals surface area contributed by atoms with Gasteiger partial charge >= 0.3 is 5.97 Å². The second-order valence-corrected chi connectivity index (χ2v) is 7.56. The number of aliphatic carboxylic acids is 1. The van der Waals surface area contributed by atoms with Gasteiger partial charge in [-0.15, -0.1) is 0 Å². The van der Waals surface area contributed by atoms with Gasteiger partial charge in [0.1, 0.15) is 0 Å². The number of carboxylic acid groups (broad SMARTS) is 1. The summed E-state index contributed by atoms with van der Waals surface area (Å²) in [6.07, 6.45) is 11.0. The molecule has 0 aromatic heterocycles. The van der Waals surface area contributed by atoms with Crippen molar-refractivity contribution in [3.05, 3.63) is 0 Å². The van der Waals surface area contributed by atoms with Gasteiger partial charge in [-0.2, -0.15) is 0 Å². The summed E-state index contributed by atoms with van der Waals surface area (Å²) in [7, 11) is 0. The Morgan fingerprint density at radius 2 is 1.53 bits per heavy atom. The van der Waals surface area contributed by atoms with Crippen LogP contribution in [0.3, 0.4) is 0 Å². The second kappa shape index (κ2) is 3.27. The average Bonchev–Trinajstić information content (AvgIpc) is 2.93. The van der Waals surface area contributed by atoms with E-state index in [2.05, 4.69) is 0 Å². The zero-order valence-electron chi connectivity index (χ0n) is 10.4. The lowest BCUT2D eigenvalue weighted by Crippen LogP contribution is -2.46. The molecule has 2 unspecified atom stereocenters. The standard InChI is InChI=1S/C15H22O2/c16-14(17)13-4-12(13)8-15-5-9-1-10(6-15)3-11(2-9)7-15/h9-13H,1-8H2,(H,16,17). The van der Waals surface area contributed by atoms with Crippen LogP contribution in [-0.4, -0.2) is 11.1 Å². The smallest absolute Gasteiger partial charge is 0.306 e. The molecular formula is C15H22O2. The summed E-state index contributed by atoms with van der Waals surface area (Å²) in [6.45, 7) is 0. The van der Waals surface area contributed by atoms with Crippen LogP contribution in [0.4, 0.5) is 0 Å². The predicted octanol–water partition coefficient (Wildman–Crippen LogP) is 3.31. The van der Waals surface area contributed by atoms with Gasteiger partial charge in [0, 0.05) is 0 Å². The summed E-state index contributed by atoms with van der Waals surface area (Å²) in [5.41, 5.74) is 0.587. The fourth-order valence-corrected chi connectivity index (χ4v) is 5.87. The molecule has 0 aromatic carbocycles. The fraction of sp³-hybridized carbons (Fsp3) is 0.933. The molecule has 0 radical (unpaired) electrons. The molecule has 5 saturated carbocycles. The van der Waals surface area contributed by atoms with E-state index in [0.717, 1.165) is 24.2 Å². The molecule has 2 nitrogen and oxygen atoms in total. The monoisotopic (exact) mass is 234 g/mol. The number of hydrogen-bond acceptors (Lipinski definition) is 1. The van der Waals surface area contributed by atoms with Gasteiger partial charge < -0.3 is 5.11 Å². The largest absolute Gasteiger partial charge is 0.481 e. The summed E-state index contributed by atoms with van der Waals surface area (Å²) in [5, 5.41) is 9.04. The van der Waals surface area contributed by atoms with Crippen LogP contribution in [0.1, 0.15) is 51.4 Å². The van der Waals surface area contributed by atoms with E-state index in [1.54, 1.807) is 0 Å². The molecule has 0 aromatic rings. The van der Waals surface area contributed by atoms with Crippen LogP contribution in [0.15, 0.2) is 0 Å². The van der Waals surface area contributed by atoms with Crippen LogP contribution in [0.25, 0.3) is 0 Å². The Kier molecular flexibility index (Phi) is 2.00. The molecule has 5 aliphatic carbocycles. The van der Waals surface area contributed by atoms with Crippen LogP contribution in [0.5, 0.6) is 0 Å². The van der Waals surface area contributed by atoms with E-state index in [0.29, 0.717) is 11.3 Å². The Hall–Kier alpha value is -0.530. The van der Waals surface area contributed by atoms with Crippen LogP contribution >= 0.6 is 0 Å². The van der Waals surface area contributed by atoms with E-state index in [4.69, 9.17) is 5.11 Å². The highest BCUT2D eigenvalue weighted by molar-refractivity contribution is 5.73. The Morgan fingerprint density at radius 1 is 1.00 bits per heavy atom. The molecule has 94 valence electrons. The highest BCUT2D eigenvalue weighted by atomic mass is 16.4. The van der Waals surface area contributed by atoms with Crippen LogP contribution in [-0.2, 0) is 4.79 Å². The van der Waals surface area contributed by atoms with Gasteiger partial charge in [0.2, 0.25) is 0 Å². The van der Waals surface area contributed by atoms with Crippen LogP contribution in [0.2, 0.25) is 0 Å². The third kappa shape index (κ3) is 1.63. The minimum absolute atomic E-state index is 0.0167. The molecule has 5 rings (SSSR count). The number of carbonyl (C=O) groups is 1. The first-order valence-corrected chi connectivity index (χ1v) is 7.36. The van der Waals surface area contributed by atoms with Gasteiger partial charge in [0.05, 0.1) is 5.92 Å². The molecule has 17 heavy (non-hydrogen) atoms. The molecule has 0 amide bonds.